The summed E-state index contributed by atoms with van der Waals surface area (Å²) in [7, 11) is 1.86. The second-order valence-corrected chi connectivity index (χ2v) is 6.24. The van der Waals surface area contributed by atoms with E-state index in [9.17, 15) is 9.18 Å². The van der Waals surface area contributed by atoms with Crippen LogP contribution in [-0.2, 0) is 0 Å². The van der Waals surface area contributed by atoms with E-state index in [0.29, 0.717) is 11.4 Å². The van der Waals surface area contributed by atoms with Crippen molar-refractivity contribution in [3.8, 4) is 11.1 Å². The Labute approximate surface area is 128 Å². The van der Waals surface area contributed by atoms with Crippen LogP contribution in [0.3, 0.4) is 0 Å². The summed E-state index contributed by atoms with van der Waals surface area (Å²) in [6.45, 7) is 4.55. The number of benzene rings is 1. The van der Waals surface area contributed by atoms with Crippen molar-refractivity contribution in [3.05, 3.63) is 45.9 Å². The first-order chi connectivity index (χ1) is 10.0. The van der Waals surface area contributed by atoms with Gasteiger partial charge in [0.25, 0.3) is 5.91 Å². The van der Waals surface area contributed by atoms with E-state index in [2.05, 4.69) is 10.6 Å². The minimum Gasteiger partial charge on any atom is -0.350 e. The number of carbonyl (C=O) groups excluding carboxylic acids is 1. The van der Waals surface area contributed by atoms with Gasteiger partial charge in [-0.1, -0.05) is 12.1 Å². The second kappa shape index (κ2) is 6.83. The minimum absolute atomic E-state index is 0.0708. The van der Waals surface area contributed by atoms with Gasteiger partial charge >= 0.3 is 0 Å². The summed E-state index contributed by atoms with van der Waals surface area (Å²) in [6, 6.07) is 8.42. The monoisotopic (exact) mass is 306 g/mol. The molecular formula is C16H19FN2OS. The molecule has 0 aliphatic heterocycles. The van der Waals surface area contributed by atoms with Crippen molar-refractivity contribution in [1.82, 2.24) is 10.6 Å². The zero-order valence-corrected chi connectivity index (χ0v) is 13.2. The molecule has 1 heterocycles. The van der Waals surface area contributed by atoms with Crippen LogP contribution in [0.15, 0.2) is 30.3 Å². The molecule has 1 unspecified atom stereocenters. The number of hydrogen-bond donors (Lipinski definition) is 2. The van der Waals surface area contributed by atoms with Gasteiger partial charge in [0.15, 0.2) is 0 Å². The van der Waals surface area contributed by atoms with Gasteiger partial charge in [0.05, 0.1) is 4.88 Å². The molecule has 0 fully saturated rings. The van der Waals surface area contributed by atoms with E-state index in [0.717, 1.165) is 16.0 Å². The molecule has 21 heavy (non-hydrogen) atoms. The molecule has 0 aliphatic carbocycles. The molecule has 0 aliphatic rings. The zero-order chi connectivity index (χ0) is 15.4. The maximum atomic E-state index is 13.0. The van der Waals surface area contributed by atoms with Gasteiger partial charge in [-0.3, -0.25) is 4.79 Å². The lowest BCUT2D eigenvalue weighted by Crippen LogP contribution is -2.36. The fraction of sp³-hybridized carbons (Fsp3) is 0.312. The van der Waals surface area contributed by atoms with Crippen LogP contribution < -0.4 is 10.6 Å². The Kier molecular flexibility index (Phi) is 5.09. The molecule has 2 N–H and O–H groups in total. The van der Waals surface area contributed by atoms with Crippen LogP contribution in [-0.4, -0.2) is 25.5 Å². The average molecular weight is 306 g/mol. The van der Waals surface area contributed by atoms with Gasteiger partial charge < -0.3 is 10.6 Å². The van der Waals surface area contributed by atoms with Gasteiger partial charge in [-0.25, -0.2) is 4.39 Å². The highest BCUT2D eigenvalue weighted by molar-refractivity contribution is 7.14. The molecular weight excluding hydrogens is 287 g/mol. The minimum atomic E-state index is -0.259. The summed E-state index contributed by atoms with van der Waals surface area (Å²) < 4.78 is 13.0. The molecule has 1 aromatic carbocycles. The summed E-state index contributed by atoms with van der Waals surface area (Å²) in [5.74, 6) is -0.329. The van der Waals surface area contributed by atoms with Gasteiger partial charge in [0, 0.05) is 17.5 Å². The molecule has 2 aromatic rings. The average Bonchev–Trinajstić information content (AvgIpc) is 2.87. The van der Waals surface area contributed by atoms with Crippen LogP contribution in [0.4, 0.5) is 4.39 Å². The zero-order valence-electron chi connectivity index (χ0n) is 12.4. The first-order valence-electron chi connectivity index (χ1n) is 6.83. The SMILES string of the molecule is CNC(C)CNC(=O)c1cc(-c2ccc(F)cc2)c(C)s1. The van der Waals surface area contributed by atoms with E-state index < -0.39 is 0 Å². The molecule has 0 bridgehead atoms. The normalized spacial score (nSPS) is 12.2. The van der Waals surface area contributed by atoms with E-state index in [4.69, 9.17) is 0 Å². The first-order valence-corrected chi connectivity index (χ1v) is 7.64. The molecule has 0 saturated heterocycles. The van der Waals surface area contributed by atoms with Crippen molar-refractivity contribution in [2.75, 3.05) is 13.6 Å². The molecule has 3 nitrogen and oxygen atoms in total. The lowest BCUT2D eigenvalue weighted by molar-refractivity contribution is 0.0954. The lowest BCUT2D eigenvalue weighted by Gasteiger charge is -2.10. The molecule has 2 rings (SSSR count). The van der Waals surface area contributed by atoms with E-state index in [1.807, 2.05) is 27.0 Å². The molecule has 1 amide bonds. The third kappa shape index (κ3) is 3.89. The summed E-state index contributed by atoms with van der Waals surface area (Å²) >= 11 is 1.45. The Hall–Kier alpha value is -1.72. The molecule has 1 aromatic heterocycles. The largest absolute Gasteiger partial charge is 0.350 e. The Bertz CT molecular complexity index is 622. The lowest BCUT2D eigenvalue weighted by atomic mass is 10.1. The van der Waals surface area contributed by atoms with Crippen LogP contribution in [0.5, 0.6) is 0 Å². The highest BCUT2D eigenvalue weighted by Crippen LogP contribution is 2.31. The second-order valence-electron chi connectivity index (χ2n) is 4.99. The van der Waals surface area contributed by atoms with Gasteiger partial charge in [-0.15, -0.1) is 11.3 Å². The van der Waals surface area contributed by atoms with Crippen LogP contribution in [0, 0.1) is 12.7 Å². The topological polar surface area (TPSA) is 41.1 Å². The number of thiophene rings is 1. The molecule has 5 heteroatoms. The van der Waals surface area contributed by atoms with Crippen molar-refractivity contribution >= 4 is 17.2 Å². The van der Waals surface area contributed by atoms with Crippen molar-refractivity contribution in [3.63, 3.8) is 0 Å². The number of likely N-dealkylation sites (N-methyl/N-ethyl adjacent to an activating group) is 1. The van der Waals surface area contributed by atoms with Gasteiger partial charge in [-0.2, -0.15) is 0 Å². The Morgan fingerprint density at radius 3 is 2.62 bits per heavy atom. The van der Waals surface area contributed by atoms with Crippen molar-refractivity contribution in [1.29, 1.82) is 0 Å². The van der Waals surface area contributed by atoms with Crippen molar-refractivity contribution in [2.24, 2.45) is 0 Å². The van der Waals surface area contributed by atoms with Crippen LogP contribution in [0.2, 0.25) is 0 Å². The summed E-state index contributed by atoms with van der Waals surface area (Å²) in [5.41, 5.74) is 1.90. The van der Waals surface area contributed by atoms with Gasteiger partial charge in [-0.05, 0) is 50.2 Å². The molecule has 112 valence electrons. The summed E-state index contributed by atoms with van der Waals surface area (Å²) in [4.78, 5) is 13.9. The summed E-state index contributed by atoms with van der Waals surface area (Å²) in [6.07, 6.45) is 0. The van der Waals surface area contributed by atoms with Gasteiger partial charge in [0.1, 0.15) is 5.82 Å². The maximum absolute atomic E-state index is 13.0. The quantitative estimate of drug-likeness (QED) is 0.890. The first kappa shape index (κ1) is 15.7. The number of nitrogens with one attached hydrogen (secondary N) is 2. The standard InChI is InChI=1S/C16H19FN2OS/c1-10(18-3)9-19-16(20)15-8-14(11(2)21-15)12-4-6-13(17)7-5-12/h4-8,10,18H,9H2,1-3H3,(H,19,20). The maximum Gasteiger partial charge on any atom is 0.261 e. The highest BCUT2D eigenvalue weighted by atomic mass is 32.1. The number of aryl methyl sites for hydroxylation is 1. The molecule has 0 radical (unpaired) electrons. The highest BCUT2D eigenvalue weighted by Gasteiger charge is 2.14. The third-order valence-electron chi connectivity index (χ3n) is 3.36. The number of halogens is 1. The summed E-state index contributed by atoms with van der Waals surface area (Å²) in [5, 5.41) is 5.97. The number of hydrogen-bond acceptors (Lipinski definition) is 3. The third-order valence-corrected chi connectivity index (χ3v) is 4.41. The van der Waals surface area contributed by atoms with E-state index in [1.165, 1.54) is 23.5 Å². The molecule has 0 saturated carbocycles. The van der Waals surface area contributed by atoms with Crippen LogP contribution in [0.25, 0.3) is 11.1 Å². The Balaban J connectivity index is 2.15. The predicted octanol–water partition coefficient (Wildman–Crippen LogP) is 3.20. The van der Waals surface area contributed by atoms with Crippen molar-refractivity contribution < 1.29 is 9.18 Å². The number of amides is 1. The van der Waals surface area contributed by atoms with E-state index in [1.54, 1.807) is 12.1 Å². The van der Waals surface area contributed by atoms with E-state index >= 15 is 0 Å². The van der Waals surface area contributed by atoms with E-state index in [-0.39, 0.29) is 17.8 Å². The smallest absolute Gasteiger partial charge is 0.261 e. The fourth-order valence-corrected chi connectivity index (χ4v) is 2.90. The molecule has 1 atom stereocenters. The molecule has 0 spiro atoms. The predicted molar refractivity (Wildman–Crippen MR) is 85.3 cm³/mol. The Morgan fingerprint density at radius 1 is 1.33 bits per heavy atom. The van der Waals surface area contributed by atoms with Crippen molar-refractivity contribution in [2.45, 2.75) is 19.9 Å². The van der Waals surface area contributed by atoms with Gasteiger partial charge in [0.2, 0.25) is 0 Å². The Morgan fingerprint density at radius 2 is 2.00 bits per heavy atom. The number of rotatable bonds is 5. The fourth-order valence-electron chi connectivity index (χ4n) is 1.95. The van der Waals surface area contributed by atoms with Crippen LogP contribution >= 0.6 is 11.3 Å². The number of carbonyl (C=O) groups is 1. The van der Waals surface area contributed by atoms with Crippen LogP contribution in [0.1, 0.15) is 21.5 Å².